The van der Waals surface area contributed by atoms with E-state index in [1.54, 1.807) is 12.1 Å². The highest BCUT2D eigenvalue weighted by atomic mass is 35.5. The van der Waals surface area contributed by atoms with Gasteiger partial charge in [-0.15, -0.1) is 0 Å². The molecule has 0 aliphatic rings. The minimum absolute atomic E-state index is 0.0263. The molecule has 0 saturated heterocycles. The van der Waals surface area contributed by atoms with Crippen molar-refractivity contribution < 1.29 is 13.2 Å². The Morgan fingerprint density at radius 3 is 2.46 bits per heavy atom. The van der Waals surface area contributed by atoms with E-state index in [-0.39, 0.29) is 14.9 Å². The minimum Gasteiger partial charge on any atom is -0.324 e. The average molecular weight is 387 g/mol. The number of carbonyl (C=O) groups is 1. The quantitative estimate of drug-likeness (QED) is 0.823. The summed E-state index contributed by atoms with van der Waals surface area (Å²) in [5.74, 6) is -0.481. The van der Waals surface area contributed by atoms with Gasteiger partial charge in [-0.05, 0) is 43.7 Å². The first-order valence-electron chi connectivity index (χ1n) is 7.04. The Morgan fingerprint density at radius 1 is 1.12 bits per heavy atom. The Balaban J connectivity index is 2.16. The fourth-order valence-corrected chi connectivity index (χ4v) is 3.95. The second-order valence-corrected chi connectivity index (χ2v) is 7.75. The second-order valence-electron chi connectivity index (χ2n) is 5.22. The van der Waals surface area contributed by atoms with Crippen LogP contribution in [0.4, 0.5) is 5.69 Å². The zero-order chi connectivity index (χ0) is 17.9. The third kappa shape index (κ3) is 4.48. The average Bonchev–Trinajstić information content (AvgIpc) is 2.51. The van der Waals surface area contributed by atoms with Crippen LogP contribution in [0, 0.1) is 6.92 Å². The number of nitrogens with one attached hydrogen (secondary N) is 2. The lowest BCUT2D eigenvalue weighted by Gasteiger charge is -2.16. The van der Waals surface area contributed by atoms with Gasteiger partial charge < -0.3 is 5.32 Å². The SMILES string of the molecule is Cc1ccccc1NC(=O)C(C)NS(=O)(=O)c1cc(Cl)ccc1Cl. The number of benzene rings is 2. The lowest BCUT2D eigenvalue weighted by Crippen LogP contribution is -2.41. The van der Waals surface area contributed by atoms with Crippen molar-refractivity contribution in [1.82, 2.24) is 4.72 Å². The summed E-state index contributed by atoms with van der Waals surface area (Å²) < 4.78 is 27.1. The number of hydrogen-bond donors (Lipinski definition) is 2. The fourth-order valence-electron chi connectivity index (χ4n) is 1.99. The van der Waals surface area contributed by atoms with Crippen molar-refractivity contribution in [2.45, 2.75) is 24.8 Å². The van der Waals surface area contributed by atoms with Crippen LogP contribution >= 0.6 is 23.2 Å². The Labute approximate surface area is 151 Å². The molecule has 0 heterocycles. The number of hydrogen-bond acceptors (Lipinski definition) is 3. The Kier molecular flexibility index (Phi) is 5.87. The maximum Gasteiger partial charge on any atom is 0.242 e. The number of sulfonamides is 1. The normalized spacial score (nSPS) is 12.7. The number of carbonyl (C=O) groups excluding carboxylic acids is 1. The molecule has 1 atom stereocenters. The third-order valence-electron chi connectivity index (χ3n) is 3.31. The summed E-state index contributed by atoms with van der Waals surface area (Å²) in [5.41, 5.74) is 1.49. The Morgan fingerprint density at radius 2 is 1.79 bits per heavy atom. The van der Waals surface area contributed by atoms with Gasteiger partial charge in [-0.2, -0.15) is 4.72 Å². The van der Waals surface area contributed by atoms with Crippen molar-refractivity contribution in [1.29, 1.82) is 0 Å². The number of anilines is 1. The van der Waals surface area contributed by atoms with Crippen molar-refractivity contribution in [3.8, 4) is 0 Å². The number of halogens is 2. The number of aryl methyl sites for hydroxylation is 1. The van der Waals surface area contributed by atoms with E-state index in [0.717, 1.165) is 5.56 Å². The van der Waals surface area contributed by atoms with Crippen molar-refractivity contribution >= 4 is 44.8 Å². The van der Waals surface area contributed by atoms with Crippen LogP contribution in [0.1, 0.15) is 12.5 Å². The van der Waals surface area contributed by atoms with Crippen LogP contribution in [0.3, 0.4) is 0 Å². The van der Waals surface area contributed by atoms with Gasteiger partial charge in [0, 0.05) is 10.7 Å². The van der Waals surface area contributed by atoms with Gasteiger partial charge in [-0.1, -0.05) is 41.4 Å². The summed E-state index contributed by atoms with van der Waals surface area (Å²) in [6.45, 7) is 3.29. The van der Waals surface area contributed by atoms with Crippen molar-refractivity contribution in [2.24, 2.45) is 0 Å². The summed E-state index contributed by atoms with van der Waals surface area (Å²) in [5, 5.41) is 2.94. The molecule has 2 rings (SSSR count). The van der Waals surface area contributed by atoms with Crippen LogP contribution < -0.4 is 10.0 Å². The molecule has 0 spiro atoms. The van der Waals surface area contributed by atoms with E-state index in [4.69, 9.17) is 23.2 Å². The summed E-state index contributed by atoms with van der Waals surface area (Å²) in [6, 6.07) is 10.3. The van der Waals surface area contributed by atoms with E-state index in [1.807, 2.05) is 19.1 Å². The van der Waals surface area contributed by atoms with Gasteiger partial charge in [0.2, 0.25) is 15.9 Å². The molecule has 0 aliphatic heterocycles. The molecule has 0 saturated carbocycles. The lowest BCUT2D eigenvalue weighted by molar-refractivity contribution is -0.117. The molecule has 2 N–H and O–H groups in total. The molecule has 2 aromatic carbocycles. The molecular weight excluding hydrogens is 371 g/mol. The fraction of sp³-hybridized carbons (Fsp3) is 0.188. The number of amides is 1. The molecule has 0 aromatic heterocycles. The second kappa shape index (κ2) is 7.53. The lowest BCUT2D eigenvalue weighted by atomic mass is 10.2. The van der Waals surface area contributed by atoms with E-state index >= 15 is 0 Å². The molecule has 8 heteroatoms. The van der Waals surface area contributed by atoms with Gasteiger partial charge in [0.05, 0.1) is 11.1 Å². The summed E-state index contributed by atoms with van der Waals surface area (Å²) >= 11 is 11.7. The van der Waals surface area contributed by atoms with Gasteiger partial charge in [0.15, 0.2) is 0 Å². The van der Waals surface area contributed by atoms with E-state index in [9.17, 15) is 13.2 Å². The van der Waals surface area contributed by atoms with E-state index in [2.05, 4.69) is 10.0 Å². The minimum atomic E-state index is -3.99. The van der Waals surface area contributed by atoms with Crippen LogP contribution in [0.25, 0.3) is 0 Å². The monoisotopic (exact) mass is 386 g/mol. The van der Waals surface area contributed by atoms with E-state index < -0.39 is 22.0 Å². The molecule has 0 fully saturated rings. The van der Waals surface area contributed by atoms with Crippen molar-refractivity contribution in [2.75, 3.05) is 5.32 Å². The predicted octanol–water partition coefficient (Wildman–Crippen LogP) is 3.61. The van der Waals surface area contributed by atoms with Gasteiger partial charge in [0.1, 0.15) is 4.90 Å². The first-order valence-corrected chi connectivity index (χ1v) is 9.28. The molecular formula is C16H16Cl2N2O3S. The van der Waals surface area contributed by atoms with Crippen LogP contribution in [0.5, 0.6) is 0 Å². The molecule has 128 valence electrons. The zero-order valence-corrected chi connectivity index (χ0v) is 15.3. The standard InChI is InChI=1S/C16H16Cl2N2O3S/c1-10-5-3-4-6-14(10)19-16(21)11(2)20-24(22,23)15-9-12(17)7-8-13(15)18/h3-9,11,20H,1-2H3,(H,19,21). The zero-order valence-electron chi connectivity index (χ0n) is 13.0. The Hall–Kier alpha value is -1.60. The molecule has 0 aliphatic carbocycles. The first kappa shape index (κ1) is 18.7. The van der Waals surface area contributed by atoms with Crippen LogP contribution in [-0.4, -0.2) is 20.4 Å². The maximum absolute atomic E-state index is 12.4. The highest BCUT2D eigenvalue weighted by Crippen LogP contribution is 2.25. The molecule has 0 bridgehead atoms. The van der Waals surface area contributed by atoms with E-state index in [1.165, 1.54) is 25.1 Å². The molecule has 2 aromatic rings. The smallest absolute Gasteiger partial charge is 0.242 e. The van der Waals surface area contributed by atoms with Gasteiger partial charge in [0.25, 0.3) is 0 Å². The molecule has 1 amide bonds. The highest BCUT2D eigenvalue weighted by Gasteiger charge is 2.24. The largest absolute Gasteiger partial charge is 0.324 e. The van der Waals surface area contributed by atoms with Crippen LogP contribution in [0.15, 0.2) is 47.4 Å². The Bertz CT molecular complexity index is 869. The van der Waals surface area contributed by atoms with Crippen LogP contribution in [0.2, 0.25) is 10.0 Å². The first-order chi connectivity index (χ1) is 11.2. The van der Waals surface area contributed by atoms with E-state index in [0.29, 0.717) is 5.69 Å². The van der Waals surface area contributed by atoms with Crippen LogP contribution in [-0.2, 0) is 14.8 Å². The van der Waals surface area contributed by atoms with Gasteiger partial charge >= 0.3 is 0 Å². The summed E-state index contributed by atoms with van der Waals surface area (Å²) in [4.78, 5) is 12.1. The third-order valence-corrected chi connectivity index (χ3v) is 5.57. The highest BCUT2D eigenvalue weighted by molar-refractivity contribution is 7.89. The summed E-state index contributed by atoms with van der Waals surface area (Å²) in [6.07, 6.45) is 0. The number of para-hydroxylation sites is 1. The predicted molar refractivity (Wildman–Crippen MR) is 96.1 cm³/mol. The summed E-state index contributed by atoms with van der Waals surface area (Å²) in [7, 11) is -3.99. The maximum atomic E-state index is 12.4. The van der Waals surface area contributed by atoms with Crippen molar-refractivity contribution in [3.05, 3.63) is 58.1 Å². The molecule has 5 nitrogen and oxygen atoms in total. The van der Waals surface area contributed by atoms with Crippen molar-refractivity contribution in [3.63, 3.8) is 0 Å². The van der Waals surface area contributed by atoms with Gasteiger partial charge in [-0.25, -0.2) is 8.42 Å². The molecule has 1 unspecified atom stereocenters. The number of rotatable bonds is 5. The molecule has 24 heavy (non-hydrogen) atoms. The molecule has 0 radical (unpaired) electrons. The van der Waals surface area contributed by atoms with Gasteiger partial charge in [-0.3, -0.25) is 4.79 Å². The topological polar surface area (TPSA) is 75.3 Å².